The maximum Gasteiger partial charge on any atom is 0.203 e. The molecule has 0 atom stereocenters. The fourth-order valence-corrected chi connectivity index (χ4v) is 8.43. The second-order valence-corrected chi connectivity index (χ2v) is 15.7. The zero-order valence-electron chi connectivity index (χ0n) is 35.4. The molecule has 6 aromatic rings. The van der Waals surface area contributed by atoms with Crippen molar-refractivity contribution < 1.29 is 37.7 Å². The number of hydrogen-bond acceptors (Lipinski definition) is 13. The van der Waals surface area contributed by atoms with Crippen LogP contribution in [0.5, 0.6) is 40.2 Å². The van der Waals surface area contributed by atoms with E-state index >= 15 is 0 Å². The van der Waals surface area contributed by atoms with Crippen LogP contribution >= 0.6 is 11.3 Å². The zero-order chi connectivity index (χ0) is 41.7. The fourth-order valence-electron chi connectivity index (χ4n) is 7.47. The van der Waals surface area contributed by atoms with Gasteiger partial charge in [-0.15, -0.1) is 11.3 Å². The molecule has 0 bridgehead atoms. The normalized spacial score (nSPS) is 13.3. The van der Waals surface area contributed by atoms with Crippen LogP contribution in [0.3, 0.4) is 0 Å². The summed E-state index contributed by atoms with van der Waals surface area (Å²) in [6.45, 7) is 8.03. The zero-order valence-corrected chi connectivity index (χ0v) is 36.2. The standard InChI is InChI=1S/C47H56N4O8S/c1-52-38-18-16-33(40-32-37(49-59-40)35-30-43(54-3)46(56-5)44(31-35)55-4)28-41(38)57-26-12-6-10-20-50-22-24-51(25-23-50)21-11-7-13-27-58-42-29-34(17-19-39(42)53-2)47-48-36-14-8-9-15-45(36)60-47/h8-9,14-19,28-32H,6-7,10-13,20-27H2,1-5H3. The van der Waals surface area contributed by atoms with Crippen molar-refractivity contribution >= 4 is 21.6 Å². The number of thiazole rings is 1. The first-order valence-corrected chi connectivity index (χ1v) is 21.5. The smallest absolute Gasteiger partial charge is 0.203 e. The third-order valence-corrected chi connectivity index (χ3v) is 11.9. The van der Waals surface area contributed by atoms with Crippen LogP contribution < -0.4 is 33.2 Å². The predicted octanol–water partition coefficient (Wildman–Crippen LogP) is 9.74. The highest BCUT2D eigenvalue weighted by Crippen LogP contribution is 2.42. The van der Waals surface area contributed by atoms with Gasteiger partial charge in [-0.1, -0.05) is 17.3 Å². The Bertz CT molecular complexity index is 2230. The molecule has 318 valence electrons. The summed E-state index contributed by atoms with van der Waals surface area (Å²) < 4.78 is 47.1. The number of methoxy groups -OCH3 is 5. The van der Waals surface area contributed by atoms with Crippen LogP contribution in [-0.4, -0.2) is 108 Å². The second kappa shape index (κ2) is 21.1. The molecule has 1 saturated heterocycles. The molecule has 0 aliphatic carbocycles. The van der Waals surface area contributed by atoms with Crippen molar-refractivity contribution in [3.63, 3.8) is 0 Å². The van der Waals surface area contributed by atoms with Gasteiger partial charge >= 0.3 is 0 Å². The van der Waals surface area contributed by atoms with Gasteiger partial charge in [0, 0.05) is 48.9 Å². The van der Waals surface area contributed by atoms with Gasteiger partial charge in [-0.25, -0.2) is 4.98 Å². The molecule has 1 aliphatic heterocycles. The van der Waals surface area contributed by atoms with E-state index in [9.17, 15) is 0 Å². The molecule has 4 aromatic carbocycles. The van der Waals surface area contributed by atoms with Crippen molar-refractivity contribution in [3.05, 3.63) is 78.9 Å². The monoisotopic (exact) mass is 836 g/mol. The Balaban J connectivity index is 0.776. The van der Waals surface area contributed by atoms with Crippen molar-refractivity contribution in [2.45, 2.75) is 38.5 Å². The predicted molar refractivity (Wildman–Crippen MR) is 237 cm³/mol. The number of para-hydroxylation sites is 1. The lowest BCUT2D eigenvalue weighted by atomic mass is 10.1. The van der Waals surface area contributed by atoms with Crippen LogP contribution in [0.1, 0.15) is 38.5 Å². The quantitative estimate of drug-likeness (QED) is 0.0608. The topological polar surface area (TPSA) is 110 Å². The van der Waals surface area contributed by atoms with Gasteiger partial charge in [0.2, 0.25) is 5.75 Å². The summed E-state index contributed by atoms with van der Waals surface area (Å²) in [4.78, 5) is 10.0. The highest BCUT2D eigenvalue weighted by molar-refractivity contribution is 7.21. The Hall–Kier alpha value is -5.50. The summed E-state index contributed by atoms with van der Waals surface area (Å²) in [5.74, 6) is 5.10. The molecular weight excluding hydrogens is 781 g/mol. The molecule has 0 saturated carbocycles. The third-order valence-electron chi connectivity index (χ3n) is 10.8. The Morgan fingerprint density at radius 2 is 1.10 bits per heavy atom. The lowest BCUT2D eigenvalue weighted by molar-refractivity contribution is 0.128. The number of ether oxygens (including phenoxy) is 7. The summed E-state index contributed by atoms with van der Waals surface area (Å²) >= 11 is 1.70. The fraction of sp³-hybridized carbons (Fsp3) is 0.404. The molecule has 60 heavy (non-hydrogen) atoms. The number of aromatic nitrogens is 2. The molecule has 1 fully saturated rings. The van der Waals surface area contributed by atoms with Gasteiger partial charge < -0.3 is 47.5 Å². The van der Waals surface area contributed by atoms with Crippen LogP contribution in [0.4, 0.5) is 0 Å². The lowest BCUT2D eigenvalue weighted by Gasteiger charge is -2.34. The number of fused-ring (bicyclic) bond motifs is 1. The largest absolute Gasteiger partial charge is 0.493 e. The summed E-state index contributed by atoms with van der Waals surface area (Å²) in [5, 5.41) is 5.31. The molecule has 3 heterocycles. The Kier molecular flexibility index (Phi) is 15.0. The van der Waals surface area contributed by atoms with Crippen molar-refractivity contribution in [1.82, 2.24) is 19.9 Å². The van der Waals surface area contributed by atoms with E-state index in [1.165, 1.54) is 11.1 Å². The van der Waals surface area contributed by atoms with E-state index in [4.69, 9.17) is 42.7 Å². The number of benzene rings is 4. The first-order chi connectivity index (χ1) is 29.5. The molecule has 1 aliphatic rings. The molecule has 12 nitrogen and oxygen atoms in total. The van der Waals surface area contributed by atoms with E-state index in [-0.39, 0.29) is 0 Å². The van der Waals surface area contributed by atoms with E-state index in [0.29, 0.717) is 53.4 Å². The first kappa shape index (κ1) is 42.6. The number of nitrogens with zero attached hydrogens (tertiary/aromatic N) is 4. The van der Waals surface area contributed by atoms with Gasteiger partial charge in [-0.3, -0.25) is 0 Å². The van der Waals surface area contributed by atoms with E-state index in [1.54, 1.807) is 46.9 Å². The van der Waals surface area contributed by atoms with Gasteiger partial charge in [0.25, 0.3) is 0 Å². The van der Waals surface area contributed by atoms with Gasteiger partial charge in [-0.05, 0) is 112 Å². The molecule has 0 amide bonds. The summed E-state index contributed by atoms with van der Waals surface area (Å²) in [7, 11) is 8.09. The highest BCUT2D eigenvalue weighted by atomic mass is 32.1. The summed E-state index contributed by atoms with van der Waals surface area (Å²) in [6, 6.07) is 25.7. The molecule has 7 rings (SSSR count). The van der Waals surface area contributed by atoms with Gasteiger partial charge in [0.15, 0.2) is 40.3 Å². The number of unbranched alkanes of at least 4 members (excludes halogenated alkanes) is 4. The molecule has 2 aromatic heterocycles. The van der Waals surface area contributed by atoms with Crippen molar-refractivity contribution in [1.29, 1.82) is 0 Å². The average molecular weight is 837 g/mol. The van der Waals surface area contributed by atoms with Crippen molar-refractivity contribution in [2.75, 3.05) is 88.0 Å². The van der Waals surface area contributed by atoms with E-state index < -0.39 is 0 Å². The minimum Gasteiger partial charge on any atom is -0.493 e. The molecule has 0 spiro atoms. The number of rotatable bonds is 22. The number of piperazine rings is 1. The maximum atomic E-state index is 6.23. The lowest BCUT2D eigenvalue weighted by Crippen LogP contribution is -2.46. The van der Waals surface area contributed by atoms with Gasteiger partial charge in [-0.2, -0.15) is 0 Å². The Morgan fingerprint density at radius 3 is 1.67 bits per heavy atom. The molecule has 0 unspecified atom stereocenters. The Labute approximate surface area is 356 Å². The van der Waals surface area contributed by atoms with E-state index in [1.807, 2.05) is 48.5 Å². The van der Waals surface area contributed by atoms with Crippen molar-refractivity contribution in [3.8, 4) is 73.4 Å². The SMILES string of the molecule is COc1ccc(-c2cc(-c3cc(OC)c(OC)c(OC)c3)no2)cc1OCCCCCN1CCN(CCCCCOc2cc(-c3nc4ccccc4s3)ccc2OC)CC1. The molecule has 0 radical (unpaired) electrons. The van der Waals surface area contributed by atoms with Gasteiger partial charge in [0.1, 0.15) is 10.7 Å². The molecule has 13 heteroatoms. The average Bonchev–Trinajstić information content (AvgIpc) is 3.97. The number of hydrogen-bond donors (Lipinski definition) is 0. The minimum absolute atomic E-state index is 0.520. The first-order valence-electron chi connectivity index (χ1n) is 20.7. The van der Waals surface area contributed by atoms with Crippen molar-refractivity contribution in [2.24, 2.45) is 0 Å². The molecule has 0 N–H and O–H groups in total. The highest BCUT2D eigenvalue weighted by Gasteiger charge is 2.19. The van der Waals surface area contributed by atoms with Crippen LogP contribution in [-0.2, 0) is 0 Å². The van der Waals surface area contributed by atoms with Crippen LogP contribution in [0.15, 0.2) is 83.4 Å². The Morgan fingerprint density at radius 1 is 0.550 bits per heavy atom. The second-order valence-electron chi connectivity index (χ2n) is 14.7. The van der Waals surface area contributed by atoms with Crippen LogP contribution in [0.25, 0.3) is 43.4 Å². The maximum absolute atomic E-state index is 6.23. The van der Waals surface area contributed by atoms with Crippen LogP contribution in [0, 0.1) is 0 Å². The molecular formula is C47H56N4O8S. The van der Waals surface area contributed by atoms with E-state index in [2.05, 4.69) is 45.3 Å². The minimum atomic E-state index is 0.520. The summed E-state index contributed by atoms with van der Waals surface area (Å²) in [5.41, 5.74) is 4.33. The van der Waals surface area contributed by atoms with Gasteiger partial charge in [0.05, 0.1) is 59.0 Å². The van der Waals surface area contributed by atoms with Crippen LogP contribution in [0.2, 0.25) is 0 Å². The van der Waals surface area contributed by atoms with E-state index in [0.717, 1.165) is 110 Å². The third kappa shape index (κ3) is 10.6. The summed E-state index contributed by atoms with van der Waals surface area (Å²) in [6.07, 6.45) is 6.53.